The number of benzene rings is 3. The number of carbonyl (C=O) groups is 1. The molecule has 27 heavy (non-hydrogen) atoms. The van der Waals surface area contributed by atoms with Crippen LogP contribution in [0, 0.1) is 10.1 Å². The van der Waals surface area contributed by atoms with E-state index in [4.69, 9.17) is 4.74 Å². The van der Waals surface area contributed by atoms with Crippen LogP contribution in [-0.4, -0.2) is 17.9 Å². The Morgan fingerprint density at radius 1 is 0.926 bits per heavy atom. The first-order valence-electron chi connectivity index (χ1n) is 8.33. The van der Waals surface area contributed by atoms with Gasteiger partial charge in [0.25, 0.3) is 11.6 Å². The number of nitrogens with zero attached hydrogens (tertiary/aromatic N) is 1. The Hall–Kier alpha value is -3.67. The van der Waals surface area contributed by atoms with E-state index >= 15 is 0 Å². The first kappa shape index (κ1) is 18.1. The molecule has 0 saturated heterocycles. The van der Waals surface area contributed by atoms with E-state index in [0.717, 1.165) is 11.1 Å². The van der Waals surface area contributed by atoms with Crippen molar-refractivity contribution >= 4 is 11.6 Å². The highest BCUT2D eigenvalue weighted by molar-refractivity contribution is 5.98. The molecule has 0 heterocycles. The highest BCUT2D eigenvalue weighted by atomic mass is 16.6. The maximum Gasteiger partial charge on any atom is 0.282 e. The number of rotatable bonds is 6. The average Bonchev–Trinajstić information content (AvgIpc) is 2.72. The van der Waals surface area contributed by atoms with Gasteiger partial charge in [-0.05, 0) is 29.3 Å². The van der Waals surface area contributed by atoms with E-state index in [1.54, 1.807) is 13.2 Å². The molecular weight excluding hydrogens is 344 g/mol. The zero-order valence-electron chi connectivity index (χ0n) is 14.7. The summed E-state index contributed by atoms with van der Waals surface area (Å²) in [5.74, 6) is 0.197. The second kappa shape index (κ2) is 8.14. The van der Waals surface area contributed by atoms with Gasteiger partial charge in [0, 0.05) is 6.07 Å². The first-order valence-corrected chi connectivity index (χ1v) is 8.33. The lowest BCUT2D eigenvalue weighted by Gasteiger charge is -2.20. The van der Waals surface area contributed by atoms with Gasteiger partial charge < -0.3 is 10.1 Å². The maximum absolute atomic E-state index is 12.8. The van der Waals surface area contributed by atoms with Gasteiger partial charge in [0.1, 0.15) is 11.3 Å². The number of ether oxygens (including phenoxy) is 1. The Kier molecular flexibility index (Phi) is 5.47. The summed E-state index contributed by atoms with van der Waals surface area (Å²) in [5.41, 5.74) is 1.51. The van der Waals surface area contributed by atoms with Crippen LogP contribution in [0.15, 0.2) is 78.9 Å². The summed E-state index contributed by atoms with van der Waals surface area (Å²) in [7, 11) is 1.58. The highest BCUT2D eigenvalue weighted by Crippen LogP contribution is 2.26. The van der Waals surface area contributed by atoms with Gasteiger partial charge >= 0.3 is 0 Å². The van der Waals surface area contributed by atoms with Crippen LogP contribution in [0.2, 0.25) is 0 Å². The number of nitro benzene ring substituents is 1. The Morgan fingerprint density at radius 2 is 1.52 bits per heavy atom. The summed E-state index contributed by atoms with van der Waals surface area (Å²) in [4.78, 5) is 23.5. The van der Waals surface area contributed by atoms with Gasteiger partial charge in [-0.2, -0.15) is 0 Å². The number of amides is 1. The molecule has 3 aromatic rings. The van der Waals surface area contributed by atoms with Crippen molar-refractivity contribution in [2.45, 2.75) is 6.04 Å². The van der Waals surface area contributed by atoms with Crippen molar-refractivity contribution in [1.29, 1.82) is 0 Å². The van der Waals surface area contributed by atoms with Crippen LogP contribution in [-0.2, 0) is 0 Å². The van der Waals surface area contributed by atoms with Gasteiger partial charge in [0.05, 0.1) is 18.1 Å². The fraction of sp³-hybridized carbons (Fsp3) is 0.0952. The van der Waals surface area contributed by atoms with Crippen molar-refractivity contribution in [2.24, 2.45) is 0 Å². The van der Waals surface area contributed by atoms with Gasteiger partial charge in [-0.25, -0.2) is 0 Å². The van der Waals surface area contributed by atoms with Crippen LogP contribution in [0.25, 0.3) is 0 Å². The lowest BCUT2D eigenvalue weighted by Crippen LogP contribution is -2.29. The zero-order chi connectivity index (χ0) is 19.2. The summed E-state index contributed by atoms with van der Waals surface area (Å²) in [6.45, 7) is 0. The van der Waals surface area contributed by atoms with Crippen molar-refractivity contribution in [2.75, 3.05) is 7.11 Å². The lowest BCUT2D eigenvalue weighted by atomic mass is 9.98. The Balaban J connectivity index is 1.97. The molecule has 6 nitrogen and oxygen atoms in total. The largest absolute Gasteiger partial charge is 0.497 e. The Labute approximate surface area is 156 Å². The minimum Gasteiger partial charge on any atom is -0.497 e. The molecule has 136 valence electrons. The molecule has 0 aromatic heterocycles. The predicted molar refractivity (Wildman–Crippen MR) is 102 cm³/mol. The van der Waals surface area contributed by atoms with E-state index in [9.17, 15) is 14.9 Å². The van der Waals surface area contributed by atoms with Crippen LogP contribution in [0.3, 0.4) is 0 Å². The third-order valence-corrected chi connectivity index (χ3v) is 4.20. The molecule has 0 saturated carbocycles. The normalized spacial score (nSPS) is 11.4. The van der Waals surface area contributed by atoms with Gasteiger partial charge in [-0.15, -0.1) is 0 Å². The molecule has 0 aliphatic rings. The molecule has 6 heteroatoms. The van der Waals surface area contributed by atoms with E-state index < -0.39 is 16.9 Å². The lowest BCUT2D eigenvalue weighted by molar-refractivity contribution is -0.385. The van der Waals surface area contributed by atoms with Crippen LogP contribution in [0.5, 0.6) is 5.75 Å². The van der Waals surface area contributed by atoms with Gasteiger partial charge in [0.15, 0.2) is 0 Å². The Bertz CT molecular complexity index is 940. The van der Waals surface area contributed by atoms with Gasteiger partial charge in [-0.1, -0.05) is 54.6 Å². The molecule has 0 aliphatic carbocycles. The number of hydrogen-bond acceptors (Lipinski definition) is 4. The number of methoxy groups -OCH3 is 1. The first-order chi connectivity index (χ1) is 13.1. The quantitative estimate of drug-likeness (QED) is 0.528. The third kappa shape index (κ3) is 4.12. The molecule has 1 N–H and O–H groups in total. The number of carbonyl (C=O) groups excluding carboxylic acids is 1. The van der Waals surface area contributed by atoms with Crippen LogP contribution < -0.4 is 10.1 Å². The molecule has 0 spiro atoms. The van der Waals surface area contributed by atoms with Crippen LogP contribution >= 0.6 is 0 Å². The molecule has 0 fully saturated rings. The molecule has 0 aliphatic heterocycles. The standard InChI is InChI=1S/C21H18N2O4/c1-27-17-13-11-16(12-14-17)20(15-7-3-2-4-8-15)22-21(24)18-9-5-6-10-19(18)23(25)26/h2-14,20H,1H3,(H,22,24). The Morgan fingerprint density at radius 3 is 2.15 bits per heavy atom. The predicted octanol–water partition coefficient (Wildman–Crippen LogP) is 4.12. The van der Waals surface area contributed by atoms with E-state index in [1.807, 2.05) is 54.6 Å². The molecule has 1 unspecified atom stereocenters. The molecule has 3 rings (SSSR count). The molecule has 1 amide bonds. The maximum atomic E-state index is 12.8. The minimum atomic E-state index is -0.556. The van der Waals surface area contributed by atoms with E-state index in [0.29, 0.717) is 5.75 Å². The number of nitro groups is 1. The van der Waals surface area contributed by atoms with Crippen molar-refractivity contribution in [3.63, 3.8) is 0 Å². The topological polar surface area (TPSA) is 81.5 Å². The van der Waals surface area contributed by atoms with Crippen molar-refractivity contribution in [3.8, 4) is 5.75 Å². The van der Waals surface area contributed by atoms with Gasteiger partial charge in [0.2, 0.25) is 0 Å². The fourth-order valence-corrected chi connectivity index (χ4v) is 2.83. The summed E-state index contributed by atoms with van der Waals surface area (Å²) >= 11 is 0. The number of hydrogen-bond donors (Lipinski definition) is 1. The highest BCUT2D eigenvalue weighted by Gasteiger charge is 2.23. The van der Waals surface area contributed by atoms with E-state index in [-0.39, 0.29) is 11.3 Å². The van der Waals surface area contributed by atoms with Crippen molar-refractivity contribution < 1.29 is 14.5 Å². The summed E-state index contributed by atoms with van der Waals surface area (Å²) in [6.07, 6.45) is 0. The summed E-state index contributed by atoms with van der Waals surface area (Å²) in [6, 6.07) is 22.2. The van der Waals surface area contributed by atoms with Crippen molar-refractivity contribution in [1.82, 2.24) is 5.32 Å². The van der Waals surface area contributed by atoms with E-state index in [1.165, 1.54) is 18.2 Å². The zero-order valence-corrected chi connectivity index (χ0v) is 14.7. The summed E-state index contributed by atoms with van der Waals surface area (Å²) in [5, 5.41) is 14.1. The SMILES string of the molecule is COc1ccc(C(NC(=O)c2ccccc2[N+](=O)[O-])c2ccccc2)cc1. The molecule has 0 bridgehead atoms. The fourth-order valence-electron chi connectivity index (χ4n) is 2.83. The van der Waals surface area contributed by atoms with Gasteiger partial charge in [-0.3, -0.25) is 14.9 Å². The molecule has 1 atom stereocenters. The van der Waals surface area contributed by atoms with Crippen LogP contribution in [0.1, 0.15) is 27.5 Å². The second-order valence-electron chi connectivity index (χ2n) is 5.86. The molecule has 0 radical (unpaired) electrons. The average molecular weight is 362 g/mol. The summed E-state index contributed by atoms with van der Waals surface area (Å²) < 4.78 is 5.18. The van der Waals surface area contributed by atoms with Crippen LogP contribution in [0.4, 0.5) is 5.69 Å². The third-order valence-electron chi connectivity index (χ3n) is 4.20. The second-order valence-corrected chi connectivity index (χ2v) is 5.86. The number of para-hydroxylation sites is 1. The smallest absolute Gasteiger partial charge is 0.282 e. The monoisotopic (exact) mass is 362 g/mol. The van der Waals surface area contributed by atoms with E-state index in [2.05, 4.69) is 5.32 Å². The minimum absolute atomic E-state index is 0.0249. The van der Waals surface area contributed by atoms with Crippen molar-refractivity contribution in [3.05, 3.63) is 106 Å². The molecular formula is C21H18N2O4. The number of nitrogens with one attached hydrogen (secondary N) is 1. The molecule has 3 aromatic carbocycles.